The Balaban J connectivity index is 1.69. The number of para-hydroxylation sites is 2. The Kier molecular flexibility index (Phi) is 5.77. The molecule has 1 atom stereocenters. The van der Waals surface area contributed by atoms with Gasteiger partial charge in [-0.1, -0.05) is 42.5 Å². The molecule has 4 rings (SSSR count). The molecule has 0 aliphatic carbocycles. The van der Waals surface area contributed by atoms with Gasteiger partial charge in [0.1, 0.15) is 11.1 Å². The number of hydrogen-bond acceptors (Lipinski definition) is 6. The highest BCUT2D eigenvalue weighted by Crippen LogP contribution is 2.48. The monoisotopic (exact) mass is 444 g/mol. The molecule has 2 aromatic rings. The van der Waals surface area contributed by atoms with Crippen LogP contribution in [0.4, 0.5) is 11.4 Å². The van der Waals surface area contributed by atoms with Crippen molar-refractivity contribution in [1.82, 2.24) is 4.31 Å². The van der Waals surface area contributed by atoms with Gasteiger partial charge in [0.05, 0.1) is 17.6 Å². The van der Waals surface area contributed by atoms with Gasteiger partial charge in [0, 0.05) is 31.6 Å². The van der Waals surface area contributed by atoms with Gasteiger partial charge in [-0.05, 0) is 17.7 Å². The summed E-state index contributed by atoms with van der Waals surface area (Å²) in [6.07, 6.45) is 1.24. The van der Waals surface area contributed by atoms with Crippen molar-refractivity contribution in [3.63, 3.8) is 0 Å². The molecule has 7 nitrogen and oxygen atoms in total. The number of sulfonamides is 1. The summed E-state index contributed by atoms with van der Waals surface area (Å²) in [5, 5.41) is 1.71. The first-order valence-corrected chi connectivity index (χ1v) is 12.4. The molecule has 0 radical (unpaired) electrons. The molecule has 1 amide bonds. The fraction of sp³-hybridized carbons (Fsp3) is 0.286. The summed E-state index contributed by atoms with van der Waals surface area (Å²) in [6.45, 7) is 2.03. The topological polar surface area (TPSA) is 87.0 Å². The van der Waals surface area contributed by atoms with Crippen molar-refractivity contribution in [3.05, 3.63) is 71.3 Å². The molecule has 0 saturated carbocycles. The Labute approximate surface area is 181 Å². The Morgan fingerprint density at radius 2 is 1.57 bits per heavy atom. The molecular weight excluding hydrogens is 420 g/mol. The van der Waals surface area contributed by atoms with Gasteiger partial charge in [-0.3, -0.25) is 4.79 Å². The molecule has 2 heterocycles. The SMILES string of the molecule is CS(=O)(=O)N1CCN(c2ccccc2N2C(C(N)=O)=CSC2c2ccccc2)CC1. The Hall–Kier alpha value is -2.49. The molecule has 0 spiro atoms. The van der Waals surface area contributed by atoms with E-state index in [4.69, 9.17) is 5.73 Å². The molecule has 158 valence electrons. The Bertz CT molecular complexity index is 1060. The standard InChI is InChI=1S/C21H24N4O3S2/c1-30(27,28)24-13-11-23(12-14-24)17-9-5-6-10-18(17)25-19(20(22)26)15-29-21(25)16-7-3-2-4-8-16/h2-10,15,21H,11-14H2,1H3,(H2,22,26). The van der Waals surface area contributed by atoms with Crippen LogP contribution in [0.25, 0.3) is 0 Å². The van der Waals surface area contributed by atoms with E-state index in [1.165, 1.54) is 10.6 Å². The summed E-state index contributed by atoms with van der Waals surface area (Å²) >= 11 is 1.55. The molecule has 30 heavy (non-hydrogen) atoms. The van der Waals surface area contributed by atoms with Crippen LogP contribution in [0.5, 0.6) is 0 Å². The van der Waals surface area contributed by atoms with E-state index < -0.39 is 15.9 Å². The van der Waals surface area contributed by atoms with Crippen LogP contribution in [-0.4, -0.2) is 51.1 Å². The lowest BCUT2D eigenvalue weighted by Gasteiger charge is -2.38. The minimum Gasteiger partial charge on any atom is -0.367 e. The van der Waals surface area contributed by atoms with Crippen molar-refractivity contribution in [2.24, 2.45) is 5.73 Å². The minimum atomic E-state index is -3.20. The minimum absolute atomic E-state index is 0.104. The second kappa shape index (κ2) is 8.33. The van der Waals surface area contributed by atoms with Gasteiger partial charge >= 0.3 is 0 Å². The fourth-order valence-electron chi connectivity index (χ4n) is 3.85. The molecular formula is C21H24N4O3S2. The van der Waals surface area contributed by atoms with Gasteiger partial charge in [-0.15, -0.1) is 11.8 Å². The van der Waals surface area contributed by atoms with E-state index >= 15 is 0 Å². The van der Waals surface area contributed by atoms with Gasteiger partial charge in [-0.2, -0.15) is 4.31 Å². The van der Waals surface area contributed by atoms with Gasteiger partial charge in [0.2, 0.25) is 10.0 Å². The number of nitrogens with zero attached hydrogens (tertiary/aromatic N) is 3. The first-order valence-electron chi connectivity index (χ1n) is 9.65. The molecule has 1 fully saturated rings. The summed E-state index contributed by atoms with van der Waals surface area (Å²) in [5.41, 5.74) is 9.08. The van der Waals surface area contributed by atoms with E-state index in [2.05, 4.69) is 4.90 Å². The number of anilines is 2. The van der Waals surface area contributed by atoms with Crippen LogP contribution in [0, 0.1) is 0 Å². The third kappa shape index (κ3) is 4.05. The lowest BCUT2D eigenvalue weighted by Crippen LogP contribution is -2.48. The highest BCUT2D eigenvalue weighted by atomic mass is 32.2. The number of carbonyl (C=O) groups is 1. The van der Waals surface area contributed by atoms with Crippen molar-refractivity contribution in [2.45, 2.75) is 5.37 Å². The highest BCUT2D eigenvalue weighted by Gasteiger charge is 2.35. The van der Waals surface area contributed by atoms with Crippen molar-refractivity contribution in [3.8, 4) is 0 Å². The van der Waals surface area contributed by atoms with Crippen molar-refractivity contribution < 1.29 is 13.2 Å². The van der Waals surface area contributed by atoms with E-state index in [-0.39, 0.29) is 5.37 Å². The fourth-order valence-corrected chi connectivity index (χ4v) is 5.82. The van der Waals surface area contributed by atoms with E-state index in [9.17, 15) is 13.2 Å². The summed E-state index contributed by atoms with van der Waals surface area (Å²) < 4.78 is 25.2. The number of thioether (sulfide) groups is 1. The Morgan fingerprint density at radius 1 is 0.967 bits per heavy atom. The molecule has 0 bridgehead atoms. The number of rotatable bonds is 5. The average molecular weight is 445 g/mol. The summed E-state index contributed by atoms with van der Waals surface area (Å²) in [4.78, 5) is 16.4. The second-order valence-corrected chi connectivity index (χ2v) is 10.2. The zero-order valence-corrected chi connectivity index (χ0v) is 18.3. The normalized spacial score (nSPS) is 20.3. The van der Waals surface area contributed by atoms with Crippen LogP contribution in [0.3, 0.4) is 0 Å². The lowest BCUT2D eigenvalue weighted by molar-refractivity contribution is -0.114. The van der Waals surface area contributed by atoms with Gasteiger partial charge in [0.25, 0.3) is 5.91 Å². The zero-order valence-electron chi connectivity index (χ0n) is 16.6. The predicted octanol–water partition coefficient (Wildman–Crippen LogP) is 2.35. The quantitative estimate of drug-likeness (QED) is 0.762. The van der Waals surface area contributed by atoms with Crippen molar-refractivity contribution in [2.75, 3.05) is 42.2 Å². The molecule has 0 aromatic heterocycles. The number of benzene rings is 2. The number of hydrogen-bond donors (Lipinski definition) is 1. The van der Waals surface area contributed by atoms with Crippen molar-refractivity contribution in [1.29, 1.82) is 0 Å². The summed E-state index contributed by atoms with van der Waals surface area (Å²) in [6, 6.07) is 17.9. The maximum Gasteiger partial charge on any atom is 0.265 e. The highest BCUT2D eigenvalue weighted by molar-refractivity contribution is 8.02. The number of carbonyl (C=O) groups excluding carboxylic acids is 1. The van der Waals surface area contributed by atoms with Gasteiger partial charge in [0.15, 0.2) is 0 Å². The third-order valence-electron chi connectivity index (χ3n) is 5.33. The van der Waals surface area contributed by atoms with Gasteiger partial charge < -0.3 is 15.5 Å². The molecule has 2 aliphatic heterocycles. The number of amides is 1. The van der Waals surface area contributed by atoms with Crippen LogP contribution in [0.1, 0.15) is 10.9 Å². The maximum absolute atomic E-state index is 12.2. The van der Waals surface area contributed by atoms with Crippen LogP contribution < -0.4 is 15.5 Å². The Morgan fingerprint density at radius 3 is 2.17 bits per heavy atom. The maximum atomic E-state index is 12.2. The van der Waals surface area contributed by atoms with Crippen LogP contribution in [-0.2, 0) is 14.8 Å². The number of primary amides is 1. The van der Waals surface area contributed by atoms with Crippen LogP contribution in [0.15, 0.2) is 65.7 Å². The molecule has 2 aromatic carbocycles. The molecule has 1 saturated heterocycles. The molecule has 9 heteroatoms. The lowest BCUT2D eigenvalue weighted by atomic mass is 10.1. The first kappa shape index (κ1) is 20.8. The van der Waals surface area contributed by atoms with Crippen LogP contribution in [0.2, 0.25) is 0 Å². The molecule has 1 unspecified atom stereocenters. The van der Waals surface area contributed by atoms with Crippen LogP contribution >= 0.6 is 11.8 Å². The van der Waals surface area contributed by atoms with E-state index in [1.807, 2.05) is 64.9 Å². The van der Waals surface area contributed by atoms with Gasteiger partial charge in [-0.25, -0.2) is 8.42 Å². The predicted molar refractivity (Wildman–Crippen MR) is 122 cm³/mol. The molecule has 2 N–H and O–H groups in total. The van der Waals surface area contributed by atoms with Crippen molar-refractivity contribution >= 4 is 39.1 Å². The average Bonchev–Trinajstić information content (AvgIpc) is 3.19. The smallest absolute Gasteiger partial charge is 0.265 e. The van der Waals surface area contributed by atoms with E-state index in [0.717, 1.165) is 16.9 Å². The largest absolute Gasteiger partial charge is 0.367 e. The van der Waals surface area contributed by atoms with E-state index in [1.54, 1.807) is 11.8 Å². The number of piperazine rings is 1. The number of nitrogens with two attached hydrogens (primary N) is 1. The summed E-state index contributed by atoms with van der Waals surface area (Å²) in [5.74, 6) is -0.474. The first-order chi connectivity index (χ1) is 14.4. The molecule has 2 aliphatic rings. The summed E-state index contributed by atoms with van der Waals surface area (Å²) in [7, 11) is -3.20. The third-order valence-corrected chi connectivity index (χ3v) is 7.73. The second-order valence-electron chi connectivity index (χ2n) is 7.27. The van der Waals surface area contributed by atoms with E-state index in [0.29, 0.717) is 31.9 Å². The zero-order chi connectivity index (χ0) is 21.3.